The number of benzene rings is 2. The third-order valence-electron chi connectivity index (χ3n) is 3.24. The summed E-state index contributed by atoms with van der Waals surface area (Å²) in [6.45, 7) is 3.73. The van der Waals surface area contributed by atoms with Gasteiger partial charge in [-0.3, -0.25) is 0 Å². The molecule has 5 heteroatoms. The van der Waals surface area contributed by atoms with Crippen LogP contribution in [-0.4, -0.2) is 20.2 Å². The van der Waals surface area contributed by atoms with Gasteiger partial charge in [-0.05, 0) is 55.3 Å². The molecule has 0 N–H and O–H groups in total. The molecular formula is C17H17ClO4. The van der Waals surface area contributed by atoms with Gasteiger partial charge in [-0.25, -0.2) is 4.79 Å². The van der Waals surface area contributed by atoms with Crippen LogP contribution >= 0.6 is 11.6 Å². The fraction of sp³-hybridized carbons (Fsp3) is 0.235. The van der Waals surface area contributed by atoms with Crippen molar-refractivity contribution in [2.24, 2.45) is 0 Å². The first-order chi connectivity index (χ1) is 10.5. The van der Waals surface area contributed by atoms with Crippen molar-refractivity contribution in [1.29, 1.82) is 0 Å². The van der Waals surface area contributed by atoms with Crippen molar-refractivity contribution < 1.29 is 19.0 Å². The third-order valence-corrected chi connectivity index (χ3v) is 3.84. The summed E-state index contributed by atoms with van der Waals surface area (Å²) in [6.07, 6.45) is 0. The fourth-order valence-corrected chi connectivity index (χ4v) is 2.20. The van der Waals surface area contributed by atoms with E-state index in [4.69, 9.17) is 25.8 Å². The minimum absolute atomic E-state index is 0.378. The Hall–Kier alpha value is -2.20. The molecule has 22 heavy (non-hydrogen) atoms. The average molecular weight is 321 g/mol. The third kappa shape index (κ3) is 3.34. The largest absolute Gasteiger partial charge is 0.493 e. The maximum absolute atomic E-state index is 12.2. The van der Waals surface area contributed by atoms with E-state index in [0.717, 1.165) is 11.1 Å². The van der Waals surface area contributed by atoms with Crippen molar-refractivity contribution >= 4 is 17.6 Å². The number of carbonyl (C=O) groups is 1. The molecule has 0 atom stereocenters. The van der Waals surface area contributed by atoms with Gasteiger partial charge in [0.05, 0.1) is 19.8 Å². The number of rotatable bonds is 4. The van der Waals surface area contributed by atoms with Gasteiger partial charge in [-0.2, -0.15) is 0 Å². The molecule has 0 fully saturated rings. The maximum Gasteiger partial charge on any atom is 0.343 e. The molecule has 0 heterocycles. The SMILES string of the molecule is COc1ccc(C(=O)Oc2cc(C)c(Cl)c(C)c2)cc1OC. The Morgan fingerprint density at radius 3 is 2.09 bits per heavy atom. The molecule has 116 valence electrons. The Bertz CT molecular complexity index is 687. The highest BCUT2D eigenvalue weighted by atomic mass is 35.5. The van der Waals surface area contributed by atoms with E-state index in [-0.39, 0.29) is 0 Å². The van der Waals surface area contributed by atoms with E-state index in [0.29, 0.717) is 27.8 Å². The molecule has 0 aliphatic carbocycles. The second-order valence-corrected chi connectivity index (χ2v) is 5.21. The van der Waals surface area contributed by atoms with Gasteiger partial charge in [0.25, 0.3) is 0 Å². The summed E-state index contributed by atoms with van der Waals surface area (Å²) < 4.78 is 15.7. The summed E-state index contributed by atoms with van der Waals surface area (Å²) >= 11 is 6.11. The lowest BCUT2D eigenvalue weighted by atomic mass is 10.1. The van der Waals surface area contributed by atoms with E-state index in [1.165, 1.54) is 14.2 Å². The Morgan fingerprint density at radius 1 is 0.955 bits per heavy atom. The van der Waals surface area contributed by atoms with Crippen LogP contribution in [0.3, 0.4) is 0 Å². The minimum atomic E-state index is -0.470. The van der Waals surface area contributed by atoms with Crippen LogP contribution in [0.15, 0.2) is 30.3 Å². The molecule has 0 amide bonds. The number of hydrogen-bond acceptors (Lipinski definition) is 4. The lowest BCUT2D eigenvalue weighted by Crippen LogP contribution is -2.09. The Kier molecular flexibility index (Phi) is 4.93. The molecule has 0 spiro atoms. The van der Waals surface area contributed by atoms with Crippen molar-refractivity contribution in [2.75, 3.05) is 14.2 Å². The van der Waals surface area contributed by atoms with E-state index < -0.39 is 5.97 Å². The van der Waals surface area contributed by atoms with Crippen molar-refractivity contribution in [2.45, 2.75) is 13.8 Å². The molecule has 2 rings (SSSR count). The number of halogens is 1. The number of ether oxygens (including phenoxy) is 3. The highest BCUT2D eigenvalue weighted by Crippen LogP contribution is 2.29. The van der Waals surface area contributed by atoms with E-state index in [1.807, 2.05) is 13.8 Å². The second-order valence-electron chi connectivity index (χ2n) is 4.83. The minimum Gasteiger partial charge on any atom is -0.493 e. The highest BCUT2D eigenvalue weighted by molar-refractivity contribution is 6.32. The monoisotopic (exact) mass is 320 g/mol. The molecule has 0 aliphatic rings. The summed E-state index contributed by atoms with van der Waals surface area (Å²) in [5.41, 5.74) is 2.09. The number of methoxy groups -OCH3 is 2. The quantitative estimate of drug-likeness (QED) is 0.626. The van der Waals surface area contributed by atoms with Gasteiger partial charge >= 0.3 is 5.97 Å². The van der Waals surface area contributed by atoms with Crippen molar-refractivity contribution in [3.8, 4) is 17.2 Å². The molecule has 0 radical (unpaired) electrons. The van der Waals surface area contributed by atoms with Gasteiger partial charge in [0.1, 0.15) is 5.75 Å². The number of hydrogen-bond donors (Lipinski definition) is 0. The van der Waals surface area contributed by atoms with Crippen LogP contribution in [0, 0.1) is 13.8 Å². The van der Waals surface area contributed by atoms with E-state index in [9.17, 15) is 4.79 Å². The number of carbonyl (C=O) groups excluding carboxylic acids is 1. The second kappa shape index (κ2) is 6.71. The Balaban J connectivity index is 2.26. The smallest absolute Gasteiger partial charge is 0.343 e. The topological polar surface area (TPSA) is 44.8 Å². The maximum atomic E-state index is 12.2. The predicted octanol–water partition coefficient (Wildman–Crippen LogP) is 4.19. The van der Waals surface area contributed by atoms with Crippen molar-refractivity contribution in [1.82, 2.24) is 0 Å². The van der Waals surface area contributed by atoms with Crippen molar-refractivity contribution in [3.05, 3.63) is 52.0 Å². The van der Waals surface area contributed by atoms with Gasteiger partial charge in [0, 0.05) is 5.02 Å². The Labute approximate surface area is 134 Å². The first-order valence-corrected chi connectivity index (χ1v) is 7.05. The van der Waals surface area contributed by atoms with Crippen LogP contribution in [0.1, 0.15) is 21.5 Å². The average Bonchev–Trinajstić information content (AvgIpc) is 2.51. The van der Waals surface area contributed by atoms with Gasteiger partial charge in [-0.15, -0.1) is 0 Å². The first kappa shape index (κ1) is 16.2. The van der Waals surface area contributed by atoms with Crippen LogP contribution in [0.2, 0.25) is 5.02 Å². The summed E-state index contributed by atoms with van der Waals surface area (Å²) in [5.74, 6) is 1.01. The van der Waals surface area contributed by atoms with E-state index in [1.54, 1.807) is 30.3 Å². The van der Waals surface area contributed by atoms with Crippen LogP contribution in [0.25, 0.3) is 0 Å². The lowest BCUT2D eigenvalue weighted by Gasteiger charge is -2.11. The van der Waals surface area contributed by atoms with Crippen LogP contribution in [0.4, 0.5) is 0 Å². The number of esters is 1. The van der Waals surface area contributed by atoms with Crippen LogP contribution in [-0.2, 0) is 0 Å². The molecule has 0 aliphatic heterocycles. The predicted molar refractivity (Wildman–Crippen MR) is 85.4 cm³/mol. The molecule has 2 aromatic rings. The standard InChI is InChI=1S/C17H17ClO4/c1-10-7-13(8-11(2)16(10)18)22-17(19)12-5-6-14(20-3)15(9-12)21-4/h5-9H,1-4H3. The molecular weight excluding hydrogens is 304 g/mol. The van der Waals surface area contributed by atoms with Gasteiger partial charge < -0.3 is 14.2 Å². The molecule has 0 aromatic heterocycles. The van der Waals surface area contributed by atoms with E-state index >= 15 is 0 Å². The highest BCUT2D eigenvalue weighted by Gasteiger charge is 2.14. The Morgan fingerprint density at radius 2 is 1.55 bits per heavy atom. The summed E-state index contributed by atoms with van der Waals surface area (Å²) in [7, 11) is 3.05. The first-order valence-electron chi connectivity index (χ1n) is 6.67. The van der Waals surface area contributed by atoms with Gasteiger partial charge in [0.2, 0.25) is 0 Å². The van der Waals surface area contributed by atoms with Gasteiger partial charge in [0.15, 0.2) is 11.5 Å². The molecule has 4 nitrogen and oxygen atoms in total. The lowest BCUT2D eigenvalue weighted by molar-refractivity contribution is 0.0734. The molecule has 0 saturated heterocycles. The molecule has 2 aromatic carbocycles. The zero-order valence-electron chi connectivity index (χ0n) is 12.9. The van der Waals surface area contributed by atoms with Crippen LogP contribution < -0.4 is 14.2 Å². The van der Waals surface area contributed by atoms with Crippen LogP contribution in [0.5, 0.6) is 17.2 Å². The van der Waals surface area contributed by atoms with Crippen molar-refractivity contribution in [3.63, 3.8) is 0 Å². The summed E-state index contributed by atoms with van der Waals surface area (Å²) in [6, 6.07) is 8.33. The van der Waals surface area contributed by atoms with Gasteiger partial charge in [-0.1, -0.05) is 11.6 Å². The normalized spacial score (nSPS) is 10.2. The molecule has 0 bridgehead atoms. The number of aryl methyl sites for hydroxylation is 2. The zero-order valence-corrected chi connectivity index (χ0v) is 13.7. The van der Waals surface area contributed by atoms with E-state index in [2.05, 4.69) is 0 Å². The summed E-state index contributed by atoms with van der Waals surface area (Å²) in [4.78, 5) is 12.2. The fourth-order valence-electron chi connectivity index (χ4n) is 2.09. The molecule has 0 unspecified atom stereocenters. The summed E-state index contributed by atoms with van der Waals surface area (Å²) in [5, 5.41) is 0.672. The zero-order chi connectivity index (χ0) is 16.3. The molecule has 0 saturated carbocycles.